The van der Waals surface area contributed by atoms with E-state index in [0.717, 1.165) is 19.4 Å². The zero-order valence-electron chi connectivity index (χ0n) is 9.95. The van der Waals surface area contributed by atoms with E-state index in [9.17, 15) is 0 Å². The molecular formula is C11H20ClN3O. The van der Waals surface area contributed by atoms with Crippen LogP contribution in [0.15, 0.2) is 12.4 Å². The largest absolute Gasteiger partial charge is 0.383 e. The van der Waals surface area contributed by atoms with Crippen LogP contribution in [0.4, 0.5) is 0 Å². The van der Waals surface area contributed by atoms with Gasteiger partial charge < -0.3 is 10.1 Å². The summed E-state index contributed by atoms with van der Waals surface area (Å²) in [6, 6.07) is 0.346. The van der Waals surface area contributed by atoms with E-state index in [0.29, 0.717) is 18.5 Å². The van der Waals surface area contributed by atoms with E-state index in [4.69, 9.17) is 16.3 Å². The van der Waals surface area contributed by atoms with Gasteiger partial charge >= 0.3 is 0 Å². The molecule has 0 aromatic carbocycles. The molecule has 0 aliphatic heterocycles. The summed E-state index contributed by atoms with van der Waals surface area (Å²) in [6.45, 7) is 1.64. The van der Waals surface area contributed by atoms with E-state index >= 15 is 0 Å². The molecular weight excluding hydrogens is 226 g/mol. The fraction of sp³-hybridized carbons (Fsp3) is 0.727. The first-order valence-corrected chi connectivity index (χ1v) is 6.05. The second-order valence-electron chi connectivity index (χ2n) is 3.86. The van der Waals surface area contributed by atoms with E-state index in [2.05, 4.69) is 10.4 Å². The van der Waals surface area contributed by atoms with E-state index in [1.54, 1.807) is 7.11 Å². The van der Waals surface area contributed by atoms with Crippen molar-refractivity contribution in [3.05, 3.63) is 18.0 Å². The number of alkyl halides is 1. The van der Waals surface area contributed by atoms with E-state index in [-0.39, 0.29) is 0 Å². The minimum absolute atomic E-state index is 0.346. The Labute approximate surface area is 102 Å². The van der Waals surface area contributed by atoms with Gasteiger partial charge in [-0.25, -0.2) is 0 Å². The predicted molar refractivity (Wildman–Crippen MR) is 65.9 cm³/mol. The maximum Gasteiger partial charge on any atom is 0.0616 e. The first kappa shape index (κ1) is 13.5. The fourth-order valence-corrected chi connectivity index (χ4v) is 1.86. The van der Waals surface area contributed by atoms with Gasteiger partial charge in [0.25, 0.3) is 0 Å². The lowest BCUT2D eigenvalue weighted by molar-refractivity contribution is 0.165. The van der Waals surface area contributed by atoms with Gasteiger partial charge in [0.05, 0.1) is 12.8 Å². The Morgan fingerprint density at radius 1 is 1.62 bits per heavy atom. The number of nitrogens with one attached hydrogen (secondary N) is 1. The smallest absolute Gasteiger partial charge is 0.0616 e. The van der Waals surface area contributed by atoms with Gasteiger partial charge in [0.15, 0.2) is 0 Å². The summed E-state index contributed by atoms with van der Waals surface area (Å²) < 4.78 is 6.95. The van der Waals surface area contributed by atoms with Crippen LogP contribution < -0.4 is 5.32 Å². The molecule has 5 heteroatoms. The summed E-state index contributed by atoms with van der Waals surface area (Å²) >= 11 is 5.72. The minimum atomic E-state index is 0.346. The second kappa shape index (κ2) is 7.65. The third-order valence-corrected chi connectivity index (χ3v) is 2.65. The molecule has 0 spiro atoms. The standard InChI is InChI=1S/C11H20ClN3O/c1-15-8-10(7-14-15)4-6-13-11(3-5-12)9-16-2/h7-8,11,13H,3-6,9H2,1-2H3. The molecule has 0 saturated carbocycles. The minimum Gasteiger partial charge on any atom is -0.383 e. The van der Waals surface area contributed by atoms with Crippen LogP contribution in [0.2, 0.25) is 0 Å². The molecule has 1 atom stereocenters. The molecule has 0 radical (unpaired) electrons. The summed E-state index contributed by atoms with van der Waals surface area (Å²) in [4.78, 5) is 0. The molecule has 0 saturated heterocycles. The normalized spacial score (nSPS) is 12.9. The number of aryl methyl sites for hydroxylation is 1. The Hall–Kier alpha value is -0.580. The van der Waals surface area contributed by atoms with Crippen molar-refractivity contribution in [1.82, 2.24) is 15.1 Å². The van der Waals surface area contributed by atoms with E-state index in [1.807, 2.05) is 24.1 Å². The van der Waals surface area contributed by atoms with Crippen molar-refractivity contribution in [3.63, 3.8) is 0 Å². The number of rotatable bonds is 8. The van der Waals surface area contributed by atoms with E-state index < -0.39 is 0 Å². The van der Waals surface area contributed by atoms with Crippen LogP contribution in [-0.2, 0) is 18.2 Å². The molecule has 1 rings (SSSR count). The first-order valence-electron chi connectivity index (χ1n) is 5.52. The second-order valence-corrected chi connectivity index (χ2v) is 4.23. The quantitative estimate of drug-likeness (QED) is 0.700. The molecule has 1 unspecified atom stereocenters. The number of aromatic nitrogens is 2. The van der Waals surface area contributed by atoms with Gasteiger partial charge in [-0.2, -0.15) is 5.10 Å². The van der Waals surface area contributed by atoms with Crippen molar-refractivity contribution in [1.29, 1.82) is 0 Å². The maximum absolute atomic E-state index is 5.72. The van der Waals surface area contributed by atoms with Crippen molar-refractivity contribution < 1.29 is 4.74 Å². The number of nitrogens with zero attached hydrogens (tertiary/aromatic N) is 2. The van der Waals surface area contributed by atoms with Crippen LogP contribution in [0.1, 0.15) is 12.0 Å². The molecule has 0 aliphatic rings. The fourth-order valence-electron chi connectivity index (χ4n) is 1.60. The van der Waals surface area contributed by atoms with Gasteiger partial charge in [0.1, 0.15) is 0 Å². The molecule has 1 aromatic heterocycles. The van der Waals surface area contributed by atoms with Crippen molar-refractivity contribution in [2.45, 2.75) is 18.9 Å². The zero-order valence-corrected chi connectivity index (χ0v) is 10.7. The summed E-state index contributed by atoms with van der Waals surface area (Å²) in [7, 11) is 3.64. The molecule has 1 heterocycles. The average molecular weight is 246 g/mol. The Bertz CT molecular complexity index is 285. The highest BCUT2D eigenvalue weighted by molar-refractivity contribution is 6.17. The molecule has 0 bridgehead atoms. The number of hydrogen-bond donors (Lipinski definition) is 1. The zero-order chi connectivity index (χ0) is 11.8. The predicted octanol–water partition coefficient (Wildman–Crippen LogP) is 1.20. The SMILES string of the molecule is COCC(CCCl)NCCc1cnn(C)c1. The topological polar surface area (TPSA) is 39.1 Å². The summed E-state index contributed by atoms with van der Waals surface area (Å²) in [5.41, 5.74) is 1.25. The van der Waals surface area contributed by atoms with Gasteiger partial charge in [-0.1, -0.05) is 0 Å². The van der Waals surface area contributed by atoms with Gasteiger partial charge in [-0.15, -0.1) is 11.6 Å². The molecule has 0 amide bonds. The molecule has 4 nitrogen and oxygen atoms in total. The van der Waals surface area contributed by atoms with Crippen molar-refractivity contribution >= 4 is 11.6 Å². The first-order chi connectivity index (χ1) is 7.76. The van der Waals surface area contributed by atoms with Crippen molar-refractivity contribution in [2.75, 3.05) is 26.1 Å². The highest BCUT2D eigenvalue weighted by Gasteiger charge is 2.06. The number of ether oxygens (including phenoxy) is 1. The molecule has 0 aliphatic carbocycles. The van der Waals surface area contributed by atoms with Crippen LogP contribution in [-0.4, -0.2) is 42.0 Å². The van der Waals surface area contributed by atoms with Crippen LogP contribution in [0.25, 0.3) is 0 Å². The highest BCUT2D eigenvalue weighted by Crippen LogP contribution is 1.99. The summed E-state index contributed by atoms with van der Waals surface area (Å²) in [6.07, 6.45) is 5.85. The summed E-state index contributed by atoms with van der Waals surface area (Å²) in [5, 5.41) is 7.56. The lowest BCUT2D eigenvalue weighted by Crippen LogP contribution is -2.35. The molecule has 16 heavy (non-hydrogen) atoms. The molecule has 0 fully saturated rings. The molecule has 92 valence electrons. The monoisotopic (exact) mass is 245 g/mol. The number of hydrogen-bond acceptors (Lipinski definition) is 3. The number of halogens is 1. The Morgan fingerprint density at radius 2 is 2.44 bits per heavy atom. The van der Waals surface area contributed by atoms with E-state index in [1.165, 1.54) is 5.56 Å². The van der Waals surface area contributed by atoms with Crippen molar-refractivity contribution in [2.24, 2.45) is 7.05 Å². The summed E-state index contributed by atoms with van der Waals surface area (Å²) in [5.74, 6) is 0.661. The Kier molecular flexibility index (Phi) is 6.45. The third kappa shape index (κ3) is 4.96. The van der Waals surface area contributed by atoms with Crippen LogP contribution in [0.3, 0.4) is 0 Å². The molecule has 1 N–H and O–H groups in total. The maximum atomic E-state index is 5.72. The average Bonchev–Trinajstić information content (AvgIpc) is 2.65. The van der Waals surface area contributed by atoms with Crippen LogP contribution in [0.5, 0.6) is 0 Å². The Morgan fingerprint density at radius 3 is 3.00 bits per heavy atom. The Balaban J connectivity index is 2.21. The van der Waals surface area contributed by atoms with Gasteiger partial charge in [-0.05, 0) is 24.9 Å². The van der Waals surface area contributed by atoms with Gasteiger partial charge in [0, 0.05) is 32.3 Å². The van der Waals surface area contributed by atoms with Gasteiger partial charge in [-0.3, -0.25) is 4.68 Å². The lowest BCUT2D eigenvalue weighted by Gasteiger charge is -2.16. The van der Waals surface area contributed by atoms with Crippen LogP contribution in [0, 0.1) is 0 Å². The lowest BCUT2D eigenvalue weighted by atomic mass is 10.2. The van der Waals surface area contributed by atoms with Gasteiger partial charge in [0.2, 0.25) is 0 Å². The molecule has 1 aromatic rings. The highest BCUT2D eigenvalue weighted by atomic mass is 35.5. The van der Waals surface area contributed by atoms with Crippen molar-refractivity contribution in [3.8, 4) is 0 Å². The third-order valence-electron chi connectivity index (χ3n) is 2.43. The number of methoxy groups -OCH3 is 1. The van der Waals surface area contributed by atoms with Crippen LogP contribution >= 0.6 is 11.6 Å².